The van der Waals surface area contributed by atoms with Crippen LogP contribution in [0.5, 0.6) is 5.75 Å². The van der Waals surface area contributed by atoms with Crippen LogP contribution in [0, 0.1) is 0 Å². The molecule has 0 radical (unpaired) electrons. The molecular formula is C14H17BrN2O4. The fourth-order valence-electron chi connectivity index (χ4n) is 2.36. The van der Waals surface area contributed by atoms with Gasteiger partial charge in [0, 0.05) is 24.1 Å². The summed E-state index contributed by atoms with van der Waals surface area (Å²) in [6.07, 6.45) is -0.201. The lowest BCUT2D eigenvalue weighted by molar-refractivity contribution is -0.143. The number of carboxylic acids is 1. The van der Waals surface area contributed by atoms with Crippen molar-refractivity contribution in [2.24, 2.45) is 0 Å². The highest BCUT2D eigenvalue weighted by Gasteiger charge is 2.31. The molecule has 1 fully saturated rings. The lowest BCUT2D eigenvalue weighted by Gasteiger charge is -2.34. The lowest BCUT2D eigenvalue weighted by atomic mass is 10.1. The second-order valence-electron chi connectivity index (χ2n) is 4.83. The van der Waals surface area contributed by atoms with Gasteiger partial charge in [0.1, 0.15) is 11.8 Å². The molecule has 21 heavy (non-hydrogen) atoms. The molecule has 7 heteroatoms. The summed E-state index contributed by atoms with van der Waals surface area (Å²) in [5.74, 6) is -0.487. The minimum absolute atomic E-state index is 0.201. The van der Waals surface area contributed by atoms with Crippen molar-refractivity contribution >= 4 is 27.8 Å². The van der Waals surface area contributed by atoms with E-state index >= 15 is 0 Å². The molecule has 2 rings (SSSR count). The van der Waals surface area contributed by atoms with Gasteiger partial charge in [0.15, 0.2) is 0 Å². The zero-order valence-corrected chi connectivity index (χ0v) is 13.2. The van der Waals surface area contributed by atoms with E-state index in [1.165, 1.54) is 0 Å². The number of halogens is 1. The first kappa shape index (κ1) is 15.8. The number of carbonyl (C=O) groups is 2. The summed E-state index contributed by atoms with van der Waals surface area (Å²) < 4.78 is 6.10. The zero-order chi connectivity index (χ0) is 15.4. The number of amides is 1. The number of piperazine rings is 1. The first-order valence-corrected chi connectivity index (χ1v) is 7.36. The van der Waals surface area contributed by atoms with Gasteiger partial charge in [-0.15, -0.1) is 0 Å². The van der Waals surface area contributed by atoms with Crippen molar-refractivity contribution in [2.75, 3.05) is 20.2 Å². The third-order valence-electron chi connectivity index (χ3n) is 3.44. The molecule has 0 aromatic heterocycles. The van der Waals surface area contributed by atoms with Crippen molar-refractivity contribution < 1.29 is 19.4 Å². The molecule has 1 amide bonds. The Morgan fingerprint density at radius 3 is 3.00 bits per heavy atom. The number of aliphatic carboxylic acids is 1. The summed E-state index contributed by atoms with van der Waals surface area (Å²) in [5.41, 5.74) is 0.958. The third kappa shape index (κ3) is 3.95. The minimum Gasteiger partial charge on any atom is -0.497 e. The fraction of sp³-hybridized carbons (Fsp3) is 0.429. The van der Waals surface area contributed by atoms with Crippen molar-refractivity contribution in [1.29, 1.82) is 0 Å². The Morgan fingerprint density at radius 2 is 2.33 bits per heavy atom. The normalized spacial score (nSPS) is 19.1. The molecule has 1 unspecified atom stereocenters. The molecule has 1 aliphatic heterocycles. The Morgan fingerprint density at radius 1 is 1.57 bits per heavy atom. The van der Waals surface area contributed by atoms with Crippen molar-refractivity contribution in [3.63, 3.8) is 0 Å². The lowest BCUT2D eigenvalue weighted by Crippen LogP contribution is -2.55. The summed E-state index contributed by atoms with van der Waals surface area (Å²) in [6, 6.07) is 4.96. The summed E-state index contributed by atoms with van der Waals surface area (Å²) >= 11 is 3.47. The van der Waals surface area contributed by atoms with Crippen LogP contribution >= 0.6 is 15.9 Å². The van der Waals surface area contributed by atoms with Crippen LogP contribution in [0.4, 0.5) is 0 Å². The molecule has 0 spiro atoms. The first-order valence-electron chi connectivity index (χ1n) is 6.57. The number of nitrogens with zero attached hydrogens (tertiary/aromatic N) is 1. The number of methoxy groups -OCH3 is 1. The van der Waals surface area contributed by atoms with Crippen LogP contribution in [-0.2, 0) is 16.1 Å². The highest BCUT2D eigenvalue weighted by atomic mass is 79.9. The van der Waals surface area contributed by atoms with Crippen LogP contribution in [-0.4, -0.2) is 48.1 Å². The Bertz CT molecular complexity index is 550. The van der Waals surface area contributed by atoms with Gasteiger partial charge in [-0.2, -0.15) is 0 Å². The van der Waals surface area contributed by atoms with E-state index in [2.05, 4.69) is 21.2 Å². The maximum absolute atomic E-state index is 11.9. The average molecular weight is 357 g/mol. The van der Waals surface area contributed by atoms with E-state index in [4.69, 9.17) is 9.84 Å². The van der Waals surface area contributed by atoms with Crippen LogP contribution in [0.15, 0.2) is 22.7 Å². The maximum atomic E-state index is 11.9. The van der Waals surface area contributed by atoms with E-state index in [9.17, 15) is 9.59 Å². The quantitative estimate of drug-likeness (QED) is 0.829. The van der Waals surface area contributed by atoms with Crippen molar-refractivity contribution in [3.05, 3.63) is 28.2 Å². The monoisotopic (exact) mass is 356 g/mol. The van der Waals surface area contributed by atoms with E-state index in [-0.39, 0.29) is 12.3 Å². The smallest absolute Gasteiger partial charge is 0.305 e. The highest BCUT2D eigenvalue weighted by Crippen LogP contribution is 2.25. The number of ether oxygens (including phenoxy) is 1. The first-order chi connectivity index (χ1) is 10.0. The molecule has 114 valence electrons. The zero-order valence-electron chi connectivity index (χ0n) is 11.6. The molecule has 1 aromatic carbocycles. The molecule has 1 aliphatic rings. The van der Waals surface area contributed by atoms with Gasteiger partial charge >= 0.3 is 5.97 Å². The van der Waals surface area contributed by atoms with Crippen LogP contribution in [0.25, 0.3) is 0 Å². The van der Waals surface area contributed by atoms with E-state index in [0.717, 1.165) is 15.8 Å². The Kier molecular flexibility index (Phi) is 5.19. The van der Waals surface area contributed by atoms with Crippen LogP contribution in [0.3, 0.4) is 0 Å². The molecule has 1 heterocycles. The molecule has 1 atom stereocenters. The van der Waals surface area contributed by atoms with Crippen molar-refractivity contribution in [2.45, 2.75) is 19.0 Å². The Balaban J connectivity index is 2.19. The number of hydrogen-bond donors (Lipinski definition) is 2. The Labute approximate surface area is 131 Å². The van der Waals surface area contributed by atoms with Crippen LogP contribution in [0.1, 0.15) is 12.0 Å². The predicted octanol–water partition coefficient (Wildman–Crippen LogP) is 1.23. The fourth-order valence-corrected chi connectivity index (χ4v) is 2.73. The van der Waals surface area contributed by atoms with Crippen molar-refractivity contribution in [3.8, 4) is 5.75 Å². The summed E-state index contributed by atoms with van der Waals surface area (Å²) in [6.45, 7) is 1.63. The minimum atomic E-state index is -0.980. The summed E-state index contributed by atoms with van der Waals surface area (Å²) in [5, 5.41) is 11.7. The van der Waals surface area contributed by atoms with E-state index < -0.39 is 12.0 Å². The van der Waals surface area contributed by atoms with Crippen molar-refractivity contribution in [1.82, 2.24) is 10.2 Å². The maximum Gasteiger partial charge on any atom is 0.305 e. The van der Waals surface area contributed by atoms with E-state index in [1.807, 2.05) is 23.1 Å². The molecule has 6 nitrogen and oxygen atoms in total. The predicted molar refractivity (Wildman–Crippen MR) is 80.2 cm³/mol. The molecule has 1 aromatic rings. The van der Waals surface area contributed by atoms with E-state index in [0.29, 0.717) is 19.6 Å². The topological polar surface area (TPSA) is 78.9 Å². The number of hydrogen-bond acceptors (Lipinski definition) is 4. The van der Waals surface area contributed by atoms with Gasteiger partial charge in [0.25, 0.3) is 0 Å². The number of rotatable bonds is 5. The molecule has 0 bridgehead atoms. The van der Waals surface area contributed by atoms with Gasteiger partial charge in [-0.25, -0.2) is 0 Å². The number of carboxylic acid groups (broad SMARTS) is 1. The number of carbonyl (C=O) groups excluding carboxylic acids is 1. The molecule has 1 saturated heterocycles. The summed E-state index contributed by atoms with van der Waals surface area (Å²) in [4.78, 5) is 24.7. The van der Waals surface area contributed by atoms with Crippen LogP contribution in [0.2, 0.25) is 0 Å². The Hall–Kier alpha value is -1.60. The molecule has 2 N–H and O–H groups in total. The number of nitrogens with one attached hydrogen (secondary N) is 1. The van der Waals surface area contributed by atoms with Gasteiger partial charge in [-0.1, -0.05) is 15.9 Å². The van der Waals surface area contributed by atoms with Gasteiger partial charge in [0.05, 0.1) is 13.5 Å². The third-order valence-corrected chi connectivity index (χ3v) is 4.21. The average Bonchev–Trinajstić information content (AvgIpc) is 2.44. The van der Waals surface area contributed by atoms with Gasteiger partial charge in [0.2, 0.25) is 5.91 Å². The van der Waals surface area contributed by atoms with E-state index in [1.54, 1.807) is 7.11 Å². The second-order valence-corrected chi connectivity index (χ2v) is 5.69. The standard InChI is InChI=1S/C14H17BrN2O4/c1-21-10-2-3-11(15)9(6-10)8-17-5-4-16-14(20)12(17)7-13(18)19/h2-3,6,12H,4-5,7-8H2,1H3,(H,16,20)(H,18,19). The second kappa shape index (κ2) is 6.91. The number of benzene rings is 1. The summed E-state index contributed by atoms with van der Waals surface area (Å²) in [7, 11) is 1.59. The molecule has 0 saturated carbocycles. The SMILES string of the molecule is COc1ccc(Br)c(CN2CCNC(=O)C2CC(=O)O)c1. The van der Waals surface area contributed by atoms with Crippen LogP contribution < -0.4 is 10.1 Å². The van der Waals surface area contributed by atoms with Gasteiger partial charge in [-0.05, 0) is 23.8 Å². The van der Waals surface area contributed by atoms with Gasteiger partial charge < -0.3 is 15.2 Å². The molecular weight excluding hydrogens is 340 g/mol. The highest BCUT2D eigenvalue weighted by molar-refractivity contribution is 9.10. The molecule has 0 aliphatic carbocycles. The largest absolute Gasteiger partial charge is 0.497 e. The van der Waals surface area contributed by atoms with Gasteiger partial charge in [-0.3, -0.25) is 14.5 Å².